The number of hydrogen-bond donors (Lipinski definition) is 3. The molecular weight excluding hydrogens is 249 g/mol. The number of benzene rings is 1. The van der Waals surface area contributed by atoms with Gasteiger partial charge in [0.1, 0.15) is 6.10 Å². The van der Waals surface area contributed by atoms with Gasteiger partial charge in [0.05, 0.1) is 6.10 Å². The van der Waals surface area contributed by atoms with Crippen molar-refractivity contribution < 1.29 is 10.2 Å². The maximum atomic E-state index is 9.84. The van der Waals surface area contributed by atoms with E-state index in [1.54, 1.807) is 18.2 Å². The minimum atomic E-state index is -0.956. The number of aliphatic hydroxyl groups excluding tert-OH is 2. The molecule has 0 aromatic heterocycles. The van der Waals surface area contributed by atoms with Crippen LogP contribution in [-0.4, -0.2) is 22.9 Å². The van der Waals surface area contributed by atoms with Crippen molar-refractivity contribution in [2.45, 2.75) is 24.5 Å². The number of aliphatic hydroxyl groups is 2. The van der Waals surface area contributed by atoms with Gasteiger partial charge in [-0.25, -0.2) is 0 Å². The van der Waals surface area contributed by atoms with Gasteiger partial charge in [0, 0.05) is 10.9 Å². The Balaban J connectivity index is 2.87. The molecule has 0 saturated heterocycles. The van der Waals surface area contributed by atoms with Gasteiger partial charge in [0.15, 0.2) is 0 Å². The van der Waals surface area contributed by atoms with Gasteiger partial charge in [-0.3, -0.25) is 0 Å². The summed E-state index contributed by atoms with van der Waals surface area (Å²) in [4.78, 5) is 0. The van der Waals surface area contributed by atoms with Crippen molar-refractivity contribution in [1.82, 2.24) is 0 Å². The average molecular weight is 264 g/mol. The van der Waals surface area contributed by atoms with E-state index in [1.807, 2.05) is 0 Å². The molecule has 0 radical (unpaired) electrons. The molecule has 1 aromatic carbocycles. The lowest BCUT2D eigenvalue weighted by Crippen LogP contribution is -2.21. The van der Waals surface area contributed by atoms with E-state index in [4.69, 9.17) is 28.9 Å². The average Bonchev–Trinajstić information content (AvgIpc) is 2.29. The Hall–Kier alpha value is -0.320. The topological polar surface area (TPSA) is 66.5 Å². The number of hydrogen-bond acceptors (Lipinski definition) is 3. The Labute approximate surface area is 105 Å². The van der Waals surface area contributed by atoms with E-state index in [0.717, 1.165) is 5.56 Å². The largest absolute Gasteiger partial charge is 0.390 e. The molecule has 4 N–H and O–H groups in total. The molecule has 2 unspecified atom stereocenters. The molecule has 1 aromatic rings. The number of alkyl halides is 1. The molecule has 3 nitrogen and oxygen atoms in total. The van der Waals surface area contributed by atoms with Gasteiger partial charge in [-0.05, 0) is 30.2 Å². The van der Waals surface area contributed by atoms with Crippen LogP contribution in [0, 0.1) is 0 Å². The van der Waals surface area contributed by atoms with Gasteiger partial charge in [-0.1, -0.05) is 23.7 Å². The lowest BCUT2D eigenvalue weighted by molar-refractivity contribution is 0.0150. The van der Waals surface area contributed by atoms with Gasteiger partial charge in [0.25, 0.3) is 0 Å². The van der Waals surface area contributed by atoms with E-state index in [0.29, 0.717) is 23.6 Å². The Kier molecular flexibility index (Phi) is 5.52. The summed E-state index contributed by atoms with van der Waals surface area (Å²) in [7, 11) is 0. The van der Waals surface area contributed by atoms with E-state index in [1.165, 1.54) is 0 Å². The van der Waals surface area contributed by atoms with Gasteiger partial charge >= 0.3 is 0 Å². The highest BCUT2D eigenvalue weighted by Crippen LogP contribution is 2.25. The molecule has 0 aliphatic rings. The maximum absolute atomic E-state index is 9.84. The van der Waals surface area contributed by atoms with Gasteiger partial charge in [0.2, 0.25) is 0 Å². The minimum Gasteiger partial charge on any atom is -0.390 e. The normalized spacial score (nSPS) is 14.8. The van der Waals surface area contributed by atoms with Gasteiger partial charge < -0.3 is 15.9 Å². The van der Waals surface area contributed by atoms with Gasteiger partial charge in [-0.15, -0.1) is 11.6 Å². The zero-order valence-corrected chi connectivity index (χ0v) is 10.2. The molecule has 90 valence electrons. The number of rotatable bonds is 5. The fraction of sp³-hybridized carbons (Fsp3) is 0.455. The molecule has 16 heavy (non-hydrogen) atoms. The highest BCUT2D eigenvalue weighted by atomic mass is 35.5. The molecule has 0 aliphatic carbocycles. The van der Waals surface area contributed by atoms with Crippen molar-refractivity contribution in [3.8, 4) is 0 Å². The molecule has 5 heteroatoms. The van der Waals surface area contributed by atoms with Crippen molar-refractivity contribution in [3.05, 3.63) is 34.3 Å². The Morgan fingerprint density at radius 1 is 1.31 bits per heavy atom. The summed E-state index contributed by atoms with van der Waals surface area (Å²) in [5.74, 6) is 0.270. The summed E-state index contributed by atoms with van der Waals surface area (Å²) in [6.07, 6.45) is -1.47. The second-order valence-corrected chi connectivity index (χ2v) is 4.25. The Morgan fingerprint density at radius 2 is 2.00 bits per heavy atom. The fourth-order valence-corrected chi connectivity index (χ4v) is 1.91. The van der Waals surface area contributed by atoms with Crippen LogP contribution < -0.4 is 5.73 Å². The molecule has 0 spiro atoms. The Morgan fingerprint density at radius 3 is 2.56 bits per heavy atom. The van der Waals surface area contributed by atoms with E-state index in [2.05, 4.69) is 0 Å². The monoisotopic (exact) mass is 263 g/mol. The molecule has 0 aliphatic heterocycles. The van der Waals surface area contributed by atoms with E-state index < -0.39 is 12.2 Å². The van der Waals surface area contributed by atoms with Crippen LogP contribution >= 0.6 is 23.2 Å². The Bertz CT molecular complexity index is 347. The first kappa shape index (κ1) is 13.7. The molecular formula is C11H15Cl2NO2. The minimum absolute atomic E-state index is 0.270. The highest BCUT2D eigenvalue weighted by Gasteiger charge is 2.18. The quantitative estimate of drug-likeness (QED) is 0.711. The van der Waals surface area contributed by atoms with Crippen LogP contribution in [0.4, 0.5) is 0 Å². The lowest BCUT2D eigenvalue weighted by atomic mass is 10.0. The smallest absolute Gasteiger partial charge is 0.105 e. The first-order chi connectivity index (χ1) is 7.60. The molecule has 0 amide bonds. The summed E-state index contributed by atoms with van der Waals surface area (Å²) in [5.41, 5.74) is 6.65. The van der Waals surface area contributed by atoms with Crippen LogP contribution in [0.3, 0.4) is 0 Å². The number of halogens is 2. The fourth-order valence-electron chi connectivity index (χ4n) is 1.43. The van der Waals surface area contributed by atoms with E-state index >= 15 is 0 Å². The standard InChI is InChI=1S/C11H15Cl2NO2/c12-6-8-5-7(1-2-9(8)13)11(16)10(15)3-4-14/h1-2,5,10-11,15-16H,3-4,6,14H2. The van der Waals surface area contributed by atoms with Crippen molar-refractivity contribution in [3.63, 3.8) is 0 Å². The summed E-state index contributed by atoms with van der Waals surface area (Å²) in [6.45, 7) is 0.328. The lowest BCUT2D eigenvalue weighted by Gasteiger charge is -2.18. The molecule has 1 rings (SSSR count). The van der Waals surface area contributed by atoms with Crippen LogP contribution in [0.1, 0.15) is 23.7 Å². The summed E-state index contributed by atoms with van der Waals surface area (Å²) < 4.78 is 0. The maximum Gasteiger partial charge on any atom is 0.105 e. The van der Waals surface area contributed by atoms with Crippen LogP contribution in [-0.2, 0) is 5.88 Å². The third-order valence-corrected chi connectivity index (χ3v) is 3.04. The van der Waals surface area contributed by atoms with Crippen LogP contribution in [0.5, 0.6) is 0 Å². The van der Waals surface area contributed by atoms with E-state index in [-0.39, 0.29) is 5.88 Å². The third-order valence-electron chi connectivity index (χ3n) is 2.38. The second-order valence-electron chi connectivity index (χ2n) is 3.57. The summed E-state index contributed by atoms with van der Waals surface area (Å²) in [6, 6.07) is 5.02. The van der Waals surface area contributed by atoms with Crippen molar-refractivity contribution >= 4 is 23.2 Å². The third kappa shape index (κ3) is 3.34. The predicted molar refractivity (Wildman–Crippen MR) is 65.6 cm³/mol. The highest BCUT2D eigenvalue weighted by molar-refractivity contribution is 6.32. The molecule has 0 saturated carbocycles. The van der Waals surface area contributed by atoms with Crippen molar-refractivity contribution in [2.24, 2.45) is 5.73 Å². The first-order valence-electron chi connectivity index (χ1n) is 5.00. The van der Waals surface area contributed by atoms with E-state index in [9.17, 15) is 10.2 Å². The first-order valence-corrected chi connectivity index (χ1v) is 5.92. The molecule has 0 bridgehead atoms. The van der Waals surface area contributed by atoms with Crippen LogP contribution in [0.25, 0.3) is 0 Å². The van der Waals surface area contributed by atoms with Gasteiger partial charge in [-0.2, -0.15) is 0 Å². The zero-order valence-electron chi connectivity index (χ0n) is 8.74. The molecule has 0 fully saturated rings. The van der Waals surface area contributed by atoms with Crippen molar-refractivity contribution in [1.29, 1.82) is 0 Å². The SMILES string of the molecule is NCCC(O)C(O)c1ccc(Cl)c(CCl)c1. The second kappa shape index (κ2) is 6.42. The number of nitrogens with two attached hydrogens (primary N) is 1. The molecule has 0 heterocycles. The van der Waals surface area contributed by atoms with Crippen molar-refractivity contribution in [2.75, 3.05) is 6.54 Å². The van der Waals surface area contributed by atoms with Crippen LogP contribution in [0.2, 0.25) is 5.02 Å². The summed E-state index contributed by atoms with van der Waals surface area (Å²) >= 11 is 11.6. The predicted octanol–water partition coefficient (Wildman–Crippen LogP) is 1.82. The summed E-state index contributed by atoms with van der Waals surface area (Å²) in [5, 5.41) is 20.0. The zero-order chi connectivity index (χ0) is 12.1. The molecule has 2 atom stereocenters. The van der Waals surface area contributed by atoms with Crippen LogP contribution in [0.15, 0.2) is 18.2 Å².